The second kappa shape index (κ2) is 8.90. The van der Waals surface area contributed by atoms with Crippen LogP contribution in [-0.2, 0) is 20.8 Å². The molecule has 0 aromatic heterocycles. The van der Waals surface area contributed by atoms with Gasteiger partial charge in [-0.25, -0.2) is 8.78 Å². The zero-order chi connectivity index (χ0) is 20.1. The summed E-state index contributed by atoms with van der Waals surface area (Å²) in [5.74, 6) is -2.59. The van der Waals surface area contributed by atoms with Crippen molar-refractivity contribution < 1.29 is 31.9 Å². The van der Waals surface area contributed by atoms with Crippen molar-refractivity contribution in [1.29, 1.82) is 0 Å². The Morgan fingerprint density at radius 2 is 1.96 bits per heavy atom. The number of alkyl halides is 3. The lowest BCUT2D eigenvalue weighted by molar-refractivity contribution is -0.120. The minimum atomic E-state index is -3.30. The Hall–Kier alpha value is -2.84. The normalized spacial score (nSPS) is 21.0. The molecule has 0 spiro atoms. The number of allylic oxidation sites excluding steroid dienone is 2. The van der Waals surface area contributed by atoms with Crippen LogP contribution in [0.2, 0.25) is 0 Å². The van der Waals surface area contributed by atoms with Crippen LogP contribution in [0.25, 0.3) is 0 Å². The first-order chi connectivity index (χ1) is 13.4. The number of hydrogen-bond acceptors (Lipinski definition) is 4. The molecule has 0 heterocycles. The molecule has 1 amide bonds. The third-order valence-corrected chi connectivity index (χ3v) is 4.11. The van der Waals surface area contributed by atoms with Crippen molar-refractivity contribution in [1.82, 2.24) is 5.32 Å². The summed E-state index contributed by atoms with van der Waals surface area (Å²) in [6.07, 6.45) is 0.208. The standard InChI is InChI=1S/C19H18F4N2O3/c20-16-13(25-27-10-12-6-7-12)9-14(28-19(22)23)18(17(16)21)24-15(26)8-11-4-2-1-3-5-11/h1-5,9,12,16,19H,6-8,10H2,(H,24,26)/b25-13-. The number of oxime groups is 1. The highest BCUT2D eigenvalue weighted by molar-refractivity contribution is 6.02. The Labute approximate surface area is 158 Å². The zero-order valence-electron chi connectivity index (χ0n) is 14.7. The monoisotopic (exact) mass is 398 g/mol. The second-order valence-electron chi connectivity index (χ2n) is 6.44. The molecule has 0 radical (unpaired) electrons. The minimum Gasteiger partial charge on any atom is -0.432 e. The van der Waals surface area contributed by atoms with E-state index in [1.165, 1.54) is 0 Å². The number of halogens is 4. The molecule has 0 bridgehead atoms. The molecule has 150 valence electrons. The molecule has 28 heavy (non-hydrogen) atoms. The molecule has 1 fully saturated rings. The average molecular weight is 398 g/mol. The number of rotatable bonds is 8. The predicted octanol–water partition coefficient (Wildman–Crippen LogP) is 3.78. The summed E-state index contributed by atoms with van der Waals surface area (Å²) in [6.45, 7) is -3.06. The van der Waals surface area contributed by atoms with Crippen LogP contribution in [0.1, 0.15) is 18.4 Å². The van der Waals surface area contributed by atoms with Gasteiger partial charge in [-0.05, 0) is 24.3 Å². The van der Waals surface area contributed by atoms with E-state index >= 15 is 0 Å². The molecular weight excluding hydrogens is 380 g/mol. The summed E-state index contributed by atoms with van der Waals surface area (Å²) >= 11 is 0. The number of ether oxygens (including phenoxy) is 1. The fraction of sp³-hybridized carbons (Fsp3) is 0.368. The number of hydrogen-bond donors (Lipinski definition) is 1. The van der Waals surface area contributed by atoms with E-state index in [2.05, 4.69) is 15.2 Å². The topological polar surface area (TPSA) is 59.9 Å². The highest BCUT2D eigenvalue weighted by Crippen LogP contribution is 2.30. The second-order valence-corrected chi connectivity index (χ2v) is 6.44. The van der Waals surface area contributed by atoms with E-state index in [0.29, 0.717) is 11.5 Å². The smallest absolute Gasteiger partial charge is 0.387 e. The van der Waals surface area contributed by atoms with Crippen molar-refractivity contribution in [2.75, 3.05) is 6.61 Å². The highest BCUT2D eigenvalue weighted by atomic mass is 19.3. The molecule has 1 atom stereocenters. The Balaban J connectivity index is 1.75. The summed E-state index contributed by atoms with van der Waals surface area (Å²) < 4.78 is 58.5. The van der Waals surface area contributed by atoms with E-state index in [9.17, 15) is 22.4 Å². The Morgan fingerprint density at radius 3 is 2.61 bits per heavy atom. The first-order valence-electron chi connectivity index (χ1n) is 8.68. The molecule has 3 rings (SSSR count). The lowest BCUT2D eigenvalue weighted by atomic mass is 10.0. The van der Waals surface area contributed by atoms with E-state index < -0.39 is 41.7 Å². The third kappa shape index (κ3) is 5.34. The van der Waals surface area contributed by atoms with Gasteiger partial charge >= 0.3 is 6.61 Å². The first kappa shape index (κ1) is 19.9. The molecular formula is C19H18F4N2O3. The lowest BCUT2D eigenvalue weighted by Gasteiger charge is -2.21. The number of benzene rings is 1. The van der Waals surface area contributed by atoms with Gasteiger partial charge in [0.1, 0.15) is 18.0 Å². The zero-order valence-corrected chi connectivity index (χ0v) is 14.7. The lowest BCUT2D eigenvalue weighted by Crippen LogP contribution is -2.33. The summed E-state index contributed by atoms with van der Waals surface area (Å²) in [6, 6.07) is 8.49. The minimum absolute atomic E-state index is 0.151. The van der Waals surface area contributed by atoms with Gasteiger partial charge in [-0.3, -0.25) is 4.79 Å². The van der Waals surface area contributed by atoms with Crippen molar-refractivity contribution in [3.8, 4) is 0 Å². The van der Waals surface area contributed by atoms with Gasteiger partial charge in [0.05, 0.1) is 6.42 Å². The molecule has 1 N–H and O–H groups in total. The van der Waals surface area contributed by atoms with Crippen LogP contribution >= 0.6 is 0 Å². The SMILES string of the molecule is O=C(Cc1ccccc1)NC1=C(F)C(F)/C(=N\OCC2CC2)C=C1OC(F)F. The van der Waals surface area contributed by atoms with Crippen molar-refractivity contribution in [2.45, 2.75) is 32.0 Å². The van der Waals surface area contributed by atoms with Gasteiger partial charge in [0.25, 0.3) is 0 Å². The Bertz CT molecular complexity index is 805. The first-order valence-corrected chi connectivity index (χ1v) is 8.68. The van der Waals surface area contributed by atoms with Gasteiger partial charge in [-0.15, -0.1) is 0 Å². The molecule has 5 nitrogen and oxygen atoms in total. The van der Waals surface area contributed by atoms with Crippen molar-refractivity contribution >= 4 is 11.6 Å². The highest BCUT2D eigenvalue weighted by Gasteiger charge is 2.34. The van der Waals surface area contributed by atoms with E-state index in [-0.39, 0.29) is 13.0 Å². The number of amides is 1. The molecule has 9 heteroatoms. The van der Waals surface area contributed by atoms with Gasteiger partial charge in [0.15, 0.2) is 17.8 Å². The Kier molecular flexibility index (Phi) is 6.33. The quantitative estimate of drug-likeness (QED) is 0.536. The maximum absolute atomic E-state index is 14.5. The maximum atomic E-state index is 14.5. The molecule has 0 saturated heterocycles. The van der Waals surface area contributed by atoms with Crippen LogP contribution in [0, 0.1) is 5.92 Å². The predicted molar refractivity (Wildman–Crippen MR) is 92.6 cm³/mol. The van der Waals surface area contributed by atoms with Crippen LogP contribution in [-0.4, -0.2) is 31.0 Å². The van der Waals surface area contributed by atoms with Gasteiger partial charge in [-0.1, -0.05) is 35.5 Å². The number of carbonyl (C=O) groups excluding carboxylic acids is 1. The van der Waals surface area contributed by atoms with Crippen LogP contribution in [0.4, 0.5) is 17.6 Å². The Morgan fingerprint density at radius 1 is 1.25 bits per heavy atom. The van der Waals surface area contributed by atoms with Crippen LogP contribution in [0.5, 0.6) is 0 Å². The van der Waals surface area contributed by atoms with Gasteiger partial charge < -0.3 is 14.9 Å². The van der Waals surface area contributed by atoms with E-state index in [4.69, 9.17) is 4.84 Å². The fourth-order valence-corrected chi connectivity index (χ4v) is 2.50. The molecule has 1 saturated carbocycles. The van der Waals surface area contributed by atoms with Crippen molar-refractivity contribution in [3.63, 3.8) is 0 Å². The van der Waals surface area contributed by atoms with E-state index in [1.54, 1.807) is 30.3 Å². The van der Waals surface area contributed by atoms with Crippen molar-refractivity contribution in [3.05, 3.63) is 59.3 Å². The summed E-state index contributed by atoms with van der Waals surface area (Å²) in [5, 5.41) is 5.60. The van der Waals surface area contributed by atoms with E-state index in [1.807, 2.05) is 0 Å². The van der Waals surface area contributed by atoms with Crippen molar-refractivity contribution in [2.24, 2.45) is 11.1 Å². The number of nitrogens with zero attached hydrogens (tertiary/aromatic N) is 1. The molecule has 0 aliphatic heterocycles. The maximum Gasteiger partial charge on any atom is 0.387 e. The average Bonchev–Trinajstić information content (AvgIpc) is 3.47. The number of nitrogens with one attached hydrogen (secondary N) is 1. The summed E-state index contributed by atoms with van der Waals surface area (Å²) in [4.78, 5) is 17.1. The molecule has 2 aliphatic carbocycles. The molecule has 1 aromatic carbocycles. The largest absolute Gasteiger partial charge is 0.432 e. The van der Waals surface area contributed by atoms with Gasteiger partial charge in [0.2, 0.25) is 5.91 Å². The fourth-order valence-electron chi connectivity index (χ4n) is 2.50. The molecule has 1 unspecified atom stereocenters. The van der Waals surface area contributed by atoms with Crippen LogP contribution < -0.4 is 5.32 Å². The molecule has 2 aliphatic rings. The van der Waals surface area contributed by atoms with Crippen LogP contribution in [0.3, 0.4) is 0 Å². The van der Waals surface area contributed by atoms with Gasteiger partial charge in [0, 0.05) is 6.08 Å². The van der Waals surface area contributed by atoms with Gasteiger partial charge in [-0.2, -0.15) is 8.78 Å². The summed E-state index contributed by atoms with van der Waals surface area (Å²) in [5.41, 5.74) is -0.714. The molecule has 1 aromatic rings. The third-order valence-electron chi connectivity index (χ3n) is 4.11. The summed E-state index contributed by atoms with van der Waals surface area (Å²) in [7, 11) is 0. The van der Waals surface area contributed by atoms with Crippen LogP contribution in [0.15, 0.2) is 58.8 Å². The number of carbonyl (C=O) groups is 1. The van der Waals surface area contributed by atoms with E-state index in [0.717, 1.165) is 18.9 Å².